The van der Waals surface area contributed by atoms with Crippen LogP contribution in [0, 0.1) is 18.3 Å². The van der Waals surface area contributed by atoms with E-state index in [1.165, 1.54) is 0 Å². The molecule has 0 spiro atoms. The SMILES string of the molecule is C#C[C@H](C[C@@H]1CCNC1=O)NC(=O)[C@@H]1c2ccccc2CN1C(=O)c1cc2c(OC)cccc2[nH]1. The first-order chi connectivity index (χ1) is 17.0. The van der Waals surface area contributed by atoms with Crippen LogP contribution in [-0.4, -0.2) is 47.3 Å². The third kappa shape index (κ3) is 4.10. The molecule has 3 heterocycles. The molecule has 3 N–H and O–H groups in total. The van der Waals surface area contributed by atoms with Gasteiger partial charge in [-0.15, -0.1) is 6.42 Å². The summed E-state index contributed by atoms with van der Waals surface area (Å²) < 4.78 is 5.42. The van der Waals surface area contributed by atoms with Crippen LogP contribution in [0.5, 0.6) is 5.75 Å². The van der Waals surface area contributed by atoms with Crippen molar-refractivity contribution in [2.75, 3.05) is 13.7 Å². The number of H-pyrrole nitrogens is 1. The normalized spacial score (nSPS) is 19.7. The molecule has 1 aromatic heterocycles. The van der Waals surface area contributed by atoms with E-state index in [1.807, 2.05) is 42.5 Å². The molecule has 0 saturated carbocycles. The van der Waals surface area contributed by atoms with Crippen LogP contribution in [0.15, 0.2) is 48.5 Å². The molecule has 35 heavy (non-hydrogen) atoms. The summed E-state index contributed by atoms with van der Waals surface area (Å²) in [5.41, 5.74) is 2.81. The van der Waals surface area contributed by atoms with E-state index in [4.69, 9.17) is 11.2 Å². The molecule has 0 unspecified atom stereocenters. The quantitative estimate of drug-likeness (QED) is 0.482. The van der Waals surface area contributed by atoms with Gasteiger partial charge in [0.25, 0.3) is 5.91 Å². The topological polar surface area (TPSA) is 104 Å². The van der Waals surface area contributed by atoms with Gasteiger partial charge in [0.1, 0.15) is 17.5 Å². The number of methoxy groups -OCH3 is 1. The maximum atomic E-state index is 13.7. The van der Waals surface area contributed by atoms with Gasteiger partial charge in [0, 0.05) is 29.9 Å². The first kappa shape index (κ1) is 22.5. The van der Waals surface area contributed by atoms with Crippen LogP contribution in [0.25, 0.3) is 10.9 Å². The maximum Gasteiger partial charge on any atom is 0.271 e. The summed E-state index contributed by atoms with van der Waals surface area (Å²) in [6.45, 7) is 0.910. The number of ether oxygens (including phenoxy) is 1. The largest absolute Gasteiger partial charge is 0.496 e. The summed E-state index contributed by atoms with van der Waals surface area (Å²) in [6, 6.07) is 13.4. The summed E-state index contributed by atoms with van der Waals surface area (Å²) in [4.78, 5) is 43.9. The first-order valence-corrected chi connectivity index (χ1v) is 11.6. The lowest BCUT2D eigenvalue weighted by Crippen LogP contribution is -2.44. The first-order valence-electron chi connectivity index (χ1n) is 11.6. The summed E-state index contributed by atoms with van der Waals surface area (Å²) in [7, 11) is 1.58. The molecular weight excluding hydrogens is 444 g/mol. The van der Waals surface area contributed by atoms with Crippen molar-refractivity contribution in [3.05, 3.63) is 65.4 Å². The van der Waals surface area contributed by atoms with E-state index >= 15 is 0 Å². The van der Waals surface area contributed by atoms with Crippen LogP contribution in [0.2, 0.25) is 0 Å². The fourth-order valence-corrected chi connectivity index (χ4v) is 5.01. The van der Waals surface area contributed by atoms with Crippen LogP contribution in [0.3, 0.4) is 0 Å². The molecule has 8 nitrogen and oxygen atoms in total. The lowest BCUT2D eigenvalue weighted by Gasteiger charge is -2.26. The van der Waals surface area contributed by atoms with Gasteiger partial charge in [0.05, 0.1) is 13.2 Å². The fourth-order valence-electron chi connectivity index (χ4n) is 5.01. The van der Waals surface area contributed by atoms with Gasteiger partial charge in [0.2, 0.25) is 11.8 Å². The number of hydrogen-bond donors (Lipinski definition) is 3. The van der Waals surface area contributed by atoms with Crippen molar-refractivity contribution in [2.24, 2.45) is 5.92 Å². The van der Waals surface area contributed by atoms with Gasteiger partial charge in [-0.05, 0) is 42.2 Å². The summed E-state index contributed by atoms with van der Waals surface area (Å²) in [5, 5.41) is 6.48. The van der Waals surface area contributed by atoms with Crippen LogP contribution in [0.4, 0.5) is 0 Å². The van der Waals surface area contributed by atoms with Gasteiger partial charge in [-0.1, -0.05) is 36.3 Å². The van der Waals surface area contributed by atoms with Crippen molar-refractivity contribution in [3.63, 3.8) is 0 Å². The fraction of sp³-hybridized carbons (Fsp3) is 0.296. The Morgan fingerprint density at radius 1 is 1.26 bits per heavy atom. The minimum absolute atomic E-state index is 0.0447. The highest BCUT2D eigenvalue weighted by Crippen LogP contribution is 2.36. The van der Waals surface area contributed by atoms with Gasteiger partial charge in [-0.2, -0.15) is 0 Å². The minimum atomic E-state index is -0.833. The average molecular weight is 471 g/mol. The van der Waals surface area contributed by atoms with Crippen molar-refractivity contribution >= 4 is 28.6 Å². The highest BCUT2D eigenvalue weighted by molar-refractivity contribution is 6.02. The molecule has 1 saturated heterocycles. The molecule has 1 fully saturated rings. The number of nitrogens with one attached hydrogen (secondary N) is 3. The highest BCUT2D eigenvalue weighted by Gasteiger charge is 2.40. The molecule has 178 valence electrons. The Morgan fingerprint density at radius 3 is 2.83 bits per heavy atom. The van der Waals surface area contributed by atoms with Gasteiger partial charge < -0.3 is 25.3 Å². The molecule has 5 rings (SSSR count). The van der Waals surface area contributed by atoms with Gasteiger partial charge >= 0.3 is 0 Å². The smallest absolute Gasteiger partial charge is 0.271 e. The number of fused-ring (bicyclic) bond motifs is 2. The zero-order valence-corrected chi connectivity index (χ0v) is 19.3. The second-order valence-electron chi connectivity index (χ2n) is 8.88. The zero-order valence-electron chi connectivity index (χ0n) is 19.3. The number of nitrogens with zero attached hydrogens (tertiary/aromatic N) is 1. The lowest BCUT2D eigenvalue weighted by molar-refractivity contribution is -0.127. The van der Waals surface area contributed by atoms with Crippen LogP contribution in [-0.2, 0) is 16.1 Å². The van der Waals surface area contributed by atoms with E-state index in [1.54, 1.807) is 18.1 Å². The Balaban J connectivity index is 1.42. The van der Waals surface area contributed by atoms with E-state index < -0.39 is 12.1 Å². The maximum absolute atomic E-state index is 13.7. The summed E-state index contributed by atoms with van der Waals surface area (Å²) in [5.74, 6) is 2.32. The molecule has 2 aliphatic rings. The molecule has 0 aliphatic carbocycles. The molecular formula is C27H26N4O4. The van der Waals surface area contributed by atoms with E-state index in [-0.39, 0.29) is 23.6 Å². The lowest BCUT2D eigenvalue weighted by atomic mass is 9.98. The minimum Gasteiger partial charge on any atom is -0.496 e. The monoisotopic (exact) mass is 470 g/mol. The number of aromatic nitrogens is 1. The Morgan fingerprint density at radius 2 is 2.09 bits per heavy atom. The second kappa shape index (κ2) is 9.18. The number of aromatic amines is 1. The Kier molecular flexibility index (Phi) is 5.91. The van der Waals surface area contributed by atoms with Gasteiger partial charge in [0.15, 0.2) is 0 Å². The molecule has 3 amide bonds. The van der Waals surface area contributed by atoms with E-state index in [2.05, 4.69) is 21.5 Å². The summed E-state index contributed by atoms with van der Waals surface area (Å²) in [6.07, 6.45) is 6.75. The third-order valence-electron chi connectivity index (χ3n) is 6.79. The molecule has 3 aromatic rings. The number of hydrogen-bond acceptors (Lipinski definition) is 4. The van der Waals surface area contributed by atoms with E-state index in [0.717, 1.165) is 22.0 Å². The molecule has 2 aromatic carbocycles. The number of benzene rings is 2. The third-order valence-corrected chi connectivity index (χ3v) is 6.79. The van der Waals surface area contributed by atoms with Crippen molar-refractivity contribution in [1.82, 2.24) is 20.5 Å². The predicted molar refractivity (Wildman–Crippen MR) is 130 cm³/mol. The van der Waals surface area contributed by atoms with E-state index in [0.29, 0.717) is 37.4 Å². The Bertz CT molecular complexity index is 1350. The van der Waals surface area contributed by atoms with Crippen molar-refractivity contribution < 1.29 is 19.1 Å². The number of rotatable bonds is 6. The summed E-state index contributed by atoms with van der Waals surface area (Å²) >= 11 is 0. The van der Waals surface area contributed by atoms with E-state index in [9.17, 15) is 14.4 Å². The van der Waals surface area contributed by atoms with Crippen molar-refractivity contribution in [1.29, 1.82) is 0 Å². The highest BCUT2D eigenvalue weighted by atomic mass is 16.5. The molecule has 3 atom stereocenters. The van der Waals surface area contributed by atoms with Gasteiger partial charge in [-0.3, -0.25) is 14.4 Å². The molecule has 2 aliphatic heterocycles. The van der Waals surface area contributed by atoms with Crippen molar-refractivity contribution in [2.45, 2.75) is 31.5 Å². The Hall–Kier alpha value is -4.25. The average Bonchev–Trinajstić information content (AvgIpc) is 3.59. The van der Waals surface area contributed by atoms with Crippen LogP contribution >= 0.6 is 0 Å². The van der Waals surface area contributed by atoms with Crippen LogP contribution in [0.1, 0.15) is 40.5 Å². The van der Waals surface area contributed by atoms with Crippen LogP contribution < -0.4 is 15.4 Å². The van der Waals surface area contributed by atoms with Gasteiger partial charge in [-0.25, -0.2) is 0 Å². The zero-order chi connectivity index (χ0) is 24.5. The molecule has 0 radical (unpaired) electrons. The number of carbonyl (C=O) groups excluding carboxylic acids is 3. The second-order valence-corrected chi connectivity index (χ2v) is 8.88. The number of amides is 3. The molecule has 0 bridgehead atoms. The number of carbonyl (C=O) groups is 3. The predicted octanol–water partition coefficient (Wildman–Crippen LogP) is 2.52. The standard InChI is InChI=1S/C27H26N4O4/c1-3-18(13-16-11-12-28-25(16)32)29-26(33)24-19-8-5-4-7-17(19)15-31(24)27(34)22-14-20-21(30-22)9-6-10-23(20)35-2/h1,4-10,14,16,18,24,30H,11-13,15H2,2H3,(H,28,32)(H,29,33)/t16-,18+,24-/m0/s1. The number of terminal acetylenes is 1. The Labute approximate surface area is 203 Å². The molecule has 8 heteroatoms. The van der Waals surface area contributed by atoms with Crippen molar-refractivity contribution in [3.8, 4) is 18.1 Å².